The molecule has 1 unspecified atom stereocenters. The summed E-state index contributed by atoms with van der Waals surface area (Å²) in [6.07, 6.45) is 5.16. The summed E-state index contributed by atoms with van der Waals surface area (Å²) in [6.45, 7) is 4.58. The van der Waals surface area contributed by atoms with E-state index in [4.69, 9.17) is 9.47 Å². The van der Waals surface area contributed by atoms with Crippen molar-refractivity contribution in [3.63, 3.8) is 0 Å². The molecule has 0 spiro atoms. The molecule has 2 amide bonds. The number of benzene rings is 2. The number of anilines is 1. The third-order valence-corrected chi connectivity index (χ3v) is 15.2. The summed E-state index contributed by atoms with van der Waals surface area (Å²) in [5.41, 5.74) is -0.877. The Labute approximate surface area is 322 Å². The summed E-state index contributed by atoms with van der Waals surface area (Å²) in [4.78, 5) is 31.9. The number of hydrogen-bond donors (Lipinski definition) is 1. The number of amides is 2. The fraction of sp³-hybridized carbons (Fsp3) is 0.650. The van der Waals surface area contributed by atoms with Crippen LogP contribution in [0.4, 0.5) is 28.4 Å². The van der Waals surface area contributed by atoms with Crippen LogP contribution in [0.1, 0.15) is 56.9 Å². The number of rotatable bonds is 11. The number of carbonyl (C=O) groups excluding carboxylic acids is 2. The Morgan fingerprint density at radius 2 is 1.65 bits per heavy atom. The normalized spacial score (nSPS) is 26.1. The van der Waals surface area contributed by atoms with Crippen LogP contribution in [0.15, 0.2) is 47.4 Å². The molecule has 0 bridgehead atoms. The van der Waals surface area contributed by atoms with E-state index in [9.17, 15) is 22.4 Å². The van der Waals surface area contributed by atoms with Crippen molar-refractivity contribution in [1.82, 2.24) is 20.0 Å². The Kier molecular flexibility index (Phi) is 11.6. The van der Waals surface area contributed by atoms with Crippen molar-refractivity contribution in [2.75, 3.05) is 84.6 Å². The summed E-state index contributed by atoms with van der Waals surface area (Å²) in [7, 11) is -1.31. The van der Waals surface area contributed by atoms with Crippen molar-refractivity contribution in [2.24, 2.45) is 11.8 Å². The number of hydrogen-bond acceptors (Lipinski definition) is 9. The Hall–Kier alpha value is -3.56. The van der Waals surface area contributed by atoms with Gasteiger partial charge < -0.3 is 29.5 Å². The second kappa shape index (κ2) is 16.1. The summed E-state index contributed by atoms with van der Waals surface area (Å²) in [5.74, 6) is -0.763. The highest BCUT2D eigenvalue weighted by atomic mass is 32.2. The fourth-order valence-electron chi connectivity index (χ4n) is 10.3. The van der Waals surface area contributed by atoms with Crippen molar-refractivity contribution in [3.05, 3.63) is 59.7 Å². The van der Waals surface area contributed by atoms with Gasteiger partial charge >= 0.3 is 12.2 Å². The number of likely N-dealkylation sites (tertiary alicyclic amines) is 3. The van der Waals surface area contributed by atoms with E-state index in [2.05, 4.69) is 15.1 Å². The molecule has 4 heterocycles. The van der Waals surface area contributed by atoms with Crippen LogP contribution in [0.5, 0.6) is 0 Å². The van der Waals surface area contributed by atoms with E-state index in [1.54, 1.807) is 17.0 Å². The molecule has 4 aliphatic heterocycles. The van der Waals surface area contributed by atoms with E-state index >= 15 is 8.78 Å². The molecule has 7 rings (SSSR count). The Balaban J connectivity index is 1.02. The third kappa shape index (κ3) is 8.03. The van der Waals surface area contributed by atoms with Crippen molar-refractivity contribution in [1.29, 1.82) is 0 Å². The molecule has 55 heavy (non-hydrogen) atoms. The van der Waals surface area contributed by atoms with Crippen LogP contribution in [-0.4, -0.2) is 132 Å². The molecular formula is C40H54F3N5O6S. The third-order valence-electron chi connectivity index (χ3n) is 13.1. The molecule has 302 valence electrons. The molecule has 1 N–H and O–H groups in total. The molecule has 1 saturated carbocycles. The van der Waals surface area contributed by atoms with Gasteiger partial charge in [0.05, 0.1) is 43.1 Å². The first kappa shape index (κ1) is 39.7. The van der Waals surface area contributed by atoms with Crippen LogP contribution in [0, 0.1) is 23.5 Å². The van der Waals surface area contributed by atoms with Gasteiger partial charge in [0, 0.05) is 37.6 Å². The highest BCUT2D eigenvalue weighted by Gasteiger charge is 2.54. The number of methoxy groups -OCH3 is 2. The first-order chi connectivity index (χ1) is 26.3. The molecular weight excluding hydrogens is 736 g/mol. The highest BCUT2D eigenvalue weighted by molar-refractivity contribution is 7.92. The molecule has 11 nitrogen and oxygen atoms in total. The molecule has 2 aromatic rings. The molecule has 4 saturated heterocycles. The number of piperidine rings is 2. The minimum absolute atomic E-state index is 0.0161. The van der Waals surface area contributed by atoms with E-state index in [1.165, 1.54) is 37.3 Å². The predicted molar refractivity (Wildman–Crippen MR) is 202 cm³/mol. The first-order valence-corrected chi connectivity index (χ1v) is 21.3. The number of ether oxygens (including phenoxy) is 2. The van der Waals surface area contributed by atoms with Gasteiger partial charge in [0.25, 0.3) is 0 Å². The van der Waals surface area contributed by atoms with Crippen LogP contribution < -0.4 is 10.2 Å². The van der Waals surface area contributed by atoms with Crippen molar-refractivity contribution < 1.29 is 40.7 Å². The minimum atomic E-state index is -3.92. The average Bonchev–Trinajstić information content (AvgIpc) is 3.61. The second-order valence-corrected chi connectivity index (χ2v) is 18.6. The molecule has 0 aromatic heterocycles. The zero-order valence-electron chi connectivity index (χ0n) is 31.9. The van der Waals surface area contributed by atoms with E-state index in [-0.39, 0.29) is 60.5 Å². The monoisotopic (exact) mass is 789 g/mol. The maximum absolute atomic E-state index is 16.3. The SMILES string of the molecule is COC(=O)N[C@H]1CCC[C@@H]1[C@](CN1CCC1)(c1cccc(F)c1)C1CCN(CC2(F)CN(c3ccc(S(=O)(=O)C4CCCN(C(=O)OC)C4)cc3F)C2)CC1. The van der Waals surface area contributed by atoms with Crippen LogP contribution in [0.2, 0.25) is 0 Å². The number of nitrogens with one attached hydrogen (secondary N) is 1. The maximum Gasteiger partial charge on any atom is 0.409 e. The van der Waals surface area contributed by atoms with Gasteiger partial charge in [0.15, 0.2) is 15.5 Å². The fourth-order valence-corrected chi connectivity index (χ4v) is 12.0. The summed E-state index contributed by atoms with van der Waals surface area (Å²) >= 11 is 0. The lowest BCUT2D eigenvalue weighted by molar-refractivity contribution is 0.00575. The molecule has 15 heteroatoms. The lowest BCUT2D eigenvalue weighted by Gasteiger charge is -2.54. The number of carbonyl (C=O) groups is 2. The lowest BCUT2D eigenvalue weighted by atomic mass is 9.57. The maximum atomic E-state index is 16.3. The summed E-state index contributed by atoms with van der Waals surface area (Å²) < 4.78 is 83.4. The number of nitrogens with zero attached hydrogens (tertiary/aromatic N) is 4. The summed E-state index contributed by atoms with van der Waals surface area (Å²) in [5, 5.41) is 2.24. The smallest absolute Gasteiger partial charge is 0.409 e. The van der Waals surface area contributed by atoms with Crippen LogP contribution >= 0.6 is 0 Å². The van der Waals surface area contributed by atoms with Crippen molar-refractivity contribution >= 4 is 27.7 Å². The van der Waals surface area contributed by atoms with Gasteiger partial charge in [0.1, 0.15) is 11.6 Å². The van der Waals surface area contributed by atoms with Gasteiger partial charge in [-0.2, -0.15) is 0 Å². The number of alkyl halides is 1. The van der Waals surface area contributed by atoms with Gasteiger partial charge in [-0.15, -0.1) is 0 Å². The van der Waals surface area contributed by atoms with E-state index < -0.39 is 44.2 Å². The largest absolute Gasteiger partial charge is 0.453 e. The quantitative estimate of drug-likeness (QED) is 0.321. The van der Waals surface area contributed by atoms with Crippen LogP contribution in [0.3, 0.4) is 0 Å². The van der Waals surface area contributed by atoms with Gasteiger partial charge in [-0.05, 0) is 119 Å². The molecule has 5 aliphatic rings. The van der Waals surface area contributed by atoms with Gasteiger partial charge in [0.2, 0.25) is 0 Å². The molecule has 1 aliphatic carbocycles. The number of sulfone groups is 1. The molecule has 4 atom stereocenters. The van der Waals surface area contributed by atoms with Crippen LogP contribution in [-0.2, 0) is 24.7 Å². The topological polar surface area (TPSA) is 112 Å². The number of halogens is 3. The minimum Gasteiger partial charge on any atom is -0.453 e. The van der Waals surface area contributed by atoms with Gasteiger partial charge in [-0.3, -0.25) is 4.90 Å². The first-order valence-electron chi connectivity index (χ1n) is 19.7. The molecule has 0 radical (unpaired) electrons. The van der Waals surface area contributed by atoms with Gasteiger partial charge in [-0.25, -0.2) is 31.2 Å². The van der Waals surface area contributed by atoms with E-state index in [1.807, 2.05) is 6.07 Å². The van der Waals surface area contributed by atoms with Crippen molar-refractivity contribution in [3.8, 4) is 0 Å². The van der Waals surface area contributed by atoms with Gasteiger partial charge in [-0.1, -0.05) is 18.6 Å². The standard InChI is InChI=1S/C40H54F3N5O6S/c1-53-37(49)44-35-11-4-10-33(35)40(27-45-16-6-17-45,29-7-3-8-30(41)21-29)28-14-19-46(20-15-28)24-39(43)25-48(26-39)36-13-12-31(22-34(36)42)55(51,52)32-9-5-18-47(23-32)38(50)54-2/h3,7-8,12-13,21-22,28,32-33,35H,4-6,9-11,14-20,23-27H2,1-2H3,(H,44,49)/t32?,33-,35-,40-/m0/s1. The van der Waals surface area contributed by atoms with E-state index in [0.717, 1.165) is 69.8 Å². The average molecular weight is 790 g/mol. The predicted octanol–water partition coefficient (Wildman–Crippen LogP) is 5.38. The highest BCUT2D eigenvalue weighted by Crippen LogP contribution is 2.52. The number of alkyl carbamates (subject to hydrolysis) is 1. The zero-order valence-corrected chi connectivity index (χ0v) is 32.7. The Bertz CT molecular complexity index is 1820. The second-order valence-electron chi connectivity index (χ2n) is 16.4. The Morgan fingerprint density at radius 3 is 2.31 bits per heavy atom. The summed E-state index contributed by atoms with van der Waals surface area (Å²) in [6, 6.07) is 10.6. The molecule has 2 aromatic carbocycles. The lowest BCUT2D eigenvalue weighted by Crippen LogP contribution is -2.65. The Morgan fingerprint density at radius 1 is 0.891 bits per heavy atom. The van der Waals surface area contributed by atoms with E-state index in [0.29, 0.717) is 32.5 Å². The zero-order chi connectivity index (χ0) is 39.0. The van der Waals surface area contributed by atoms with Crippen molar-refractivity contribution in [2.45, 2.75) is 78.6 Å². The molecule has 5 fully saturated rings. The van der Waals surface area contributed by atoms with Crippen LogP contribution in [0.25, 0.3) is 0 Å².